The van der Waals surface area contributed by atoms with Crippen molar-refractivity contribution in [3.05, 3.63) is 80.9 Å². The quantitative estimate of drug-likeness (QED) is 0.491. The third-order valence-electron chi connectivity index (χ3n) is 4.76. The lowest BCUT2D eigenvalue weighted by Gasteiger charge is -2.14. The summed E-state index contributed by atoms with van der Waals surface area (Å²) < 4.78 is 33.5. The Morgan fingerprint density at radius 2 is 1.97 bits per heavy atom. The first-order valence-corrected chi connectivity index (χ1v) is 10.1. The van der Waals surface area contributed by atoms with Crippen LogP contribution in [0.5, 0.6) is 11.5 Å². The first kappa shape index (κ1) is 23.3. The lowest BCUT2D eigenvalue weighted by Crippen LogP contribution is -2.29. The number of pyridine rings is 1. The Morgan fingerprint density at radius 3 is 2.69 bits per heavy atom. The summed E-state index contributed by atoms with van der Waals surface area (Å²) in [6.07, 6.45) is 0.444. The average molecular weight is 463 g/mol. The molecule has 0 aliphatic carbocycles. The van der Waals surface area contributed by atoms with Crippen LogP contribution in [0.4, 0.5) is 8.78 Å². The molecular formula is C23H21ClF2N2O4. The molecule has 0 radical (unpaired) electrons. The molecular weight excluding hydrogens is 442 g/mol. The topological polar surface area (TPSA) is 80.6 Å². The number of carbonyl (C=O) groups excluding carboxylic acids is 1. The minimum Gasteiger partial charge on any atom is -0.502 e. The van der Waals surface area contributed by atoms with Gasteiger partial charge in [-0.1, -0.05) is 23.7 Å². The van der Waals surface area contributed by atoms with Crippen LogP contribution in [-0.2, 0) is 13.7 Å². The van der Waals surface area contributed by atoms with Crippen LogP contribution >= 0.6 is 11.6 Å². The van der Waals surface area contributed by atoms with E-state index in [0.717, 1.165) is 16.7 Å². The minimum absolute atomic E-state index is 0.0880. The van der Waals surface area contributed by atoms with Crippen LogP contribution in [0, 0.1) is 5.82 Å². The number of aromatic nitrogens is 1. The van der Waals surface area contributed by atoms with E-state index >= 15 is 0 Å². The Labute approximate surface area is 188 Å². The minimum atomic E-state index is -0.888. The molecule has 0 saturated heterocycles. The van der Waals surface area contributed by atoms with E-state index < -0.39 is 29.7 Å². The first-order chi connectivity index (χ1) is 15.3. The Morgan fingerprint density at radius 1 is 1.22 bits per heavy atom. The summed E-state index contributed by atoms with van der Waals surface area (Å²) in [5, 5.41) is 13.3. The summed E-state index contributed by atoms with van der Waals surface area (Å²) >= 11 is 6.01. The molecule has 2 aromatic carbocycles. The van der Waals surface area contributed by atoms with Gasteiger partial charge in [-0.2, -0.15) is 0 Å². The predicted octanol–water partition coefficient (Wildman–Crippen LogP) is 4.22. The Bertz CT molecular complexity index is 1200. The maximum Gasteiger partial charge on any atom is 0.293 e. The van der Waals surface area contributed by atoms with Crippen LogP contribution in [0.1, 0.15) is 22.3 Å². The zero-order valence-electron chi connectivity index (χ0n) is 17.2. The molecule has 0 unspecified atom stereocenters. The van der Waals surface area contributed by atoms with Crippen molar-refractivity contribution in [3.63, 3.8) is 0 Å². The van der Waals surface area contributed by atoms with Gasteiger partial charge in [0.2, 0.25) is 0 Å². The van der Waals surface area contributed by atoms with Crippen LogP contribution in [0.15, 0.2) is 53.3 Å². The third-order valence-corrected chi connectivity index (χ3v) is 5.07. The van der Waals surface area contributed by atoms with E-state index in [1.54, 1.807) is 24.3 Å². The van der Waals surface area contributed by atoms with Gasteiger partial charge in [0.15, 0.2) is 5.75 Å². The van der Waals surface area contributed by atoms with Gasteiger partial charge in [-0.05, 0) is 48.4 Å². The Hall–Kier alpha value is -3.39. The van der Waals surface area contributed by atoms with Crippen molar-refractivity contribution in [3.8, 4) is 22.8 Å². The average Bonchev–Trinajstić information content (AvgIpc) is 2.78. The fourth-order valence-electron chi connectivity index (χ4n) is 3.12. The summed E-state index contributed by atoms with van der Waals surface area (Å²) in [4.78, 5) is 25.0. The summed E-state index contributed by atoms with van der Waals surface area (Å²) in [6, 6.07) is 11.8. The van der Waals surface area contributed by atoms with Gasteiger partial charge in [-0.3, -0.25) is 9.59 Å². The predicted molar refractivity (Wildman–Crippen MR) is 117 cm³/mol. The molecule has 3 aromatic rings. The molecule has 3 rings (SSSR count). The number of benzene rings is 2. The molecule has 9 heteroatoms. The molecule has 0 bridgehead atoms. The highest BCUT2D eigenvalue weighted by atomic mass is 35.5. The number of halogens is 3. The molecule has 0 aliphatic rings. The van der Waals surface area contributed by atoms with Crippen molar-refractivity contribution in [1.82, 2.24) is 9.88 Å². The van der Waals surface area contributed by atoms with Crippen molar-refractivity contribution in [2.24, 2.45) is 7.05 Å². The van der Waals surface area contributed by atoms with Gasteiger partial charge in [-0.25, -0.2) is 8.78 Å². The normalized spacial score (nSPS) is 10.8. The zero-order valence-corrected chi connectivity index (χ0v) is 18.0. The highest BCUT2D eigenvalue weighted by Crippen LogP contribution is 2.25. The second-order valence-electron chi connectivity index (χ2n) is 7.03. The summed E-state index contributed by atoms with van der Waals surface area (Å²) in [5.41, 5.74) is -0.638. The fourth-order valence-corrected chi connectivity index (χ4v) is 3.31. The van der Waals surface area contributed by atoms with E-state index in [1.165, 1.54) is 19.2 Å². The van der Waals surface area contributed by atoms with E-state index in [9.17, 15) is 23.5 Å². The van der Waals surface area contributed by atoms with Gasteiger partial charge in [0.05, 0.1) is 22.9 Å². The number of aromatic hydroxyl groups is 1. The molecule has 168 valence electrons. The maximum atomic E-state index is 13.9. The van der Waals surface area contributed by atoms with Gasteiger partial charge >= 0.3 is 0 Å². The van der Waals surface area contributed by atoms with Crippen molar-refractivity contribution in [1.29, 1.82) is 0 Å². The molecule has 32 heavy (non-hydrogen) atoms. The van der Waals surface area contributed by atoms with Gasteiger partial charge in [-0.15, -0.1) is 0 Å². The van der Waals surface area contributed by atoms with Gasteiger partial charge in [0.25, 0.3) is 11.5 Å². The molecule has 6 nitrogen and oxygen atoms in total. The largest absolute Gasteiger partial charge is 0.502 e. The zero-order chi connectivity index (χ0) is 23.3. The molecule has 0 aliphatic heterocycles. The molecule has 0 saturated carbocycles. The van der Waals surface area contributed by atoms with Crippen molar-refractivity contribution in [2.75, 3.05) is 13.2 Å². The molecule has 1 heterocycles. The van der Waals surface area contributed by atoms with E-state index in [4.69, 9.17) is 16.3 Å². The van der Waals surface area contributed by atoms with Crippen molar-refractivity contribution in [2.45, 2.75) is 13.1 Å². The first-order valence-electron chi connectivity index (χ1n) is 9.76. The fraction of sp³-hybridized carbons (Fsp3) is 0.217. The van der Waals surface area contributed by atoms with Gasteiger partial charge in [0, 0.05) is 19.2 Å². The van der Waals surface area contributed by atoms with Crippen molar-refractivity contribution >= 4 is 17.5 Å². The highest BCUT2D eigenvalue weighted by Gasteiger charge is 2.19. The number of alkyl halides is 1. The van der Waals surface area contributed by atoms with E-state index in [1.807, 2.05) is 0 Å². The van der Waals surface area contributed by atoms with E-state index in [0.29, 0.717) is 17.2 Å². The molecule has 1 amide bonds. The Balaban J connectivity index is 1.73. The molecule has 1 aromatic heterocycles. The lowest BCUT2D eigenvalue weighted by molar-refractivity contribution is 0.0948. The smallest absolute Gasteiger partial charge is 0.293 e. The van der Waals surface area contributed by atoms with Gasteiger partial charge < -0.3 is 19.7 Å². The van der Waals surface area contributed by atoms with Gasteiger partial charge in [0.1, 0.15) is 18.2 Å². The Kier molecular flexibility index (Phi) is 7.48. The van der Waals surface area contributed by atoms with Crippen LogP contribution in [-0.4, -0.2) is 28.7 Å². The summed E-state index contributed by atoms with van der Waals surface area (Å²) in [5.74, 6) is -1.57. The summed E-state index contributed by atoms with van der Waals surface area (Å²) in [7, 11) is 1.37. The van der Waals surface area contributed by atoms with E-state index in [-0.39, 0.29) is 35.5 Å². The number of para-hydroxylation sites is 1. The highest BCUT2D eigenvalue weighted by molar-refractivity contribution is 6.32. The number of carbonyl (C=O) groups is 1. The SMILES string of the molecule is Cn1c(-c2cc(F)cc(CF)c2)cc(C(=O)NCCCOc2ccccc2Cl)c(O)c1=O. The number of hydrogen-bond acceptors (Lipinski definition) is 4. The van der Waals surface area contributed by atoms with Crippen LogP contribution in [0.25, 0.3) is 11.3 Å². The third kappa shape index (κ3) is 5.26. The molecule has 0 fully saturated rings. The number of amides is 1. The molecule has 0 spiro atoms. The van der Waals surface area contributed by atoms with Crippen molar-refractivity contribution < 1.29 is 23.4 Å². The number of ether oxygens (including phenoxy) is 1. The standard InChI is InChI=1S/C23H21ClF2N2O4/c1-28-19(15-9-14(13-25)10-16(26)11-15)12-17(21(29)23(28)31)22(30)27-7-4-8-32-20-6-3-2-5-18(20)24/h2-3,5-6,9-12,29H,4,7-8,13H2,1H3,(H,27,30). The molecule has 2 N–H and O–H groups in total. The monoisotopic (exact) mass is 462 g/mol. The number of nitrogens with zero attached hydrogens (tertiary/aromatic N) is 1. The van der Waals surface area contributed by atoms with Crippen LogP contribution in [0.2, 0.25) is 5.02 Å². The second-order valence-corrected chi connectivity index (χ2v) is 7.43. The van der Waals surface area contributed by atoms with Crippen LogP contribution in [0.3, 0.4) is 0 Å². The molecule has 0 atom stereocenters. The number of hydrogen-bond donors (Lipinski definition) is 2. The lowest BCUT2D eigenvalue weighted by atomic mass is 10.0. The number of rotatable bonds is 8. The van der Waals surface area contributed by atoms with E-state index in [2.05, 4.69) is 5.32 Å². The van der Waals surface area contributed by atoms with Crippen LogP contribution < -0.4 is 15.6 Å². The number of nitrogens with one attached hydrogen (secondary N) is 1. The second kappa shape index (κ2) is 10.3. The summed E-state index contributed by atoms with van der Waals surface area (Å²) in [6.45, 7) is -0.396. The maximum absolute atomic E-state index is 13.9.